The Kier molecular flexibility index (Phi) is 7.10. The topological polar surface area (TPSA) is 95.5 Å². The van der Waals surface area contributed by atoms with E-state index >= 15 is 0 Å². The van der Waals surface area contributed by atoms with Gasteiger partial charge in [0.15, 0.2) is 0 Å². The second-order valence-corrected chi connectivity index (χ2v) is 10.3. The van der Waals surface area contributed by atoms with Crippen LogP contribution in [0.4, 0.5) is 5.13 Å². The van der Waals surface area contributed by atoms with Crippen LogP contribution in [-0.2, 0) is 20.8 Å². The average Bonchev–Trinajstić information content (AvgIpc) is 3.32. The molecule has 8 nitrogen and oxygen atoms in total. The number of likely N-dealkylation sites (tertiary alicyclic amines) is 2. The molecule has 2 aliphatic heterocycles. The summed E-state index contributed by atoms with van der Waals surface area (Å²) in [6, 6.07) is 0. The molecule has 1 N–H and O–H groups in total. The van der Waals surface area contributed by atoms with Crippen LogP contribution in [-0.4, -0.2) is 62.9 Å². The number of anilines is 1. The molecule has 2 fully saturated rings. The quantitative estimate of drug-likeness (QED) is 0.741. The maximum absolute atomic E-state index is 12.9. The van der Waals surface area contributed by atoms with Crippen molar-refractivity contribution in [2.45, 2.75) is 71.8 Å². The first-order valence-electron chi connectivity index (χ1n) is 10.9. The van der Waals surface area contributed by atoms with Gasteiger partial charge in [0.2, 0.25) is 22.9 Å². The lowest BCUT2D eigenvalue weighted by atomic mass is 9.94. The van der Waals surface area contributed by atoms with E-state index in [1.807, 2.05) is 25.7 Å². The summed E-state index contributed by atoms with van der Waals surface area (Å²) >= 11 is 1.43. The maximum Gasteiger partial charge on any atom is 0.229 e. The Morgan fingerprint density at radius 1 is 1.17 bits per heavy atom. The number of amides is 3. The van der Waals surface area contributed by atoms with Crippen molar-refractivity contribution >= 4 is 34.2 Å². The number of carbonyl (C=O) groups excluding carboxylic acids is 3. The molecule has 3 amide bonds. The molecule has 0 aromatic carbocycles. The predicted molar refractivity (Wildman–Crippen MR) is 116 cm³/mol. The molecule has 1 aromatic rings. The molecular weight excluding hydrogens is 402 g/mol. The molecule has 3 rings (SSSR count). The van der Waals surface area contributed by atoms with Crippen LogP contribution in [0, 0.1) is 11.8 Å². The molecule has 0 bridgehead atoms. The van der Waals surface area contributed by atoms with Crippen LogP contribution in [0.25, 0.3) is 0 Å². The first-order chi connectivity index (χ1) is 14.2. The third-order valence-electron chi connectivity index (χ3n) is 5.90. The van der Waals surface area contributed by atoms with Crippen molar-refractivity contribution in [3.63, 3.8) is 0 Å². The Hall–Kier alpha value is -2.03. The molecule has 0 saturated carbocycles. The summed E-state index contributed by atoms with van der Waals surface area (Å²) in [6.07, 6.45) is 4.59. The molecule has 1 aromatic heterocycles. The second kappa shape index (κ2) is 9.41. The minimum Gasteiger partial charge on any atom is -0.342 e. The van der Waals surface area contributed by atoms with Crippen LogP contribution in [0.15, 0.2) is 0 Å². The van der Waals surface area contributed by atoms with Crippen LogP contribution in [0.2, 0.25) is 0 Å². The number of hydrogen-bond donors (Lipinski definition) is 1. The van der Waals surface area contributed by atoms with Gasteiger partial charge in [0, 0.05) is 43.9 Å². The number of carbonyl (C=O) groups is 3. The third-order valence-corrected chi connectivity index (χ3v) is 6.80. The molecule has 0 spiro atoms. The summed E-state index contributed by atoms with van der Waals surface area (Å²) in [5.74, 6) is -0.363. The molecule has 30 heavy (non-hydrogen) atoms. The van der Waals surface area contributed by atoms with Crippen molar-refractivity contribution < 1.29 is 14.4 Å². The highest BCUT2D eigenvalue weighted by atomic mass is 32.1. The van der Waals surface area contributed by atoms with Gasteiger partial charge in [0.05, 0.1) is 5.92 Å². The molecule has 0 aliphatic carbocycles. The number of hydrogen-bond acceptors (Lipinski definition) is 6. The number of nitrogens with zero attached hydrogens (tertiary/aromatic N) is 4. The zero-order valence-corrected chi connectivity index (χ0v) is 19.3. The summed E-state index contributed by atoms with van der Waals surface area (Å²) in [5, 5.41) is 12.6. The molecule has 0 radical (unpaired) electrons. The van der Waals surface area contributed by atoms with Crippen LogP contribution >= 0.6 is 11.3 Å². The SMILES string of the molecule is CCCCc1nnc(NC(=O)C2CCN(C(=O)C3CC(=O)N(C(C)(C)C)C3)CC2)s1. The monoisotopic (exact) mass is 435 g/mol. The summed E-state index contributed by atoms with van der Waals surface area (Å²) in [5.41, 5.74) is -0.266. The van der Waals surface area contributed by atoms with Crippen molar-refractivity contribution in [3.05, 3.63) is 5.01 Å². The molecule has 9 heteroatoms. The first kappa shape index (κ1) is 22.7. The fourth-order valence-electron chi connectivity index (χ4n) is 4.08. The van der Waals surface area contributed by atoms with Crippen LogP contribution in [0.1, 0.15) is 64.8 Å². The molecular formula is C21H33N5O3S. The van der Waals surface area contributed by atoms with E-state index in [4.69, 9.17) is 0 Å². The molecule has 3 heterocycles. The normalized spacial score (nSPS) is 20.7. The van der Waals surface area contributed by atoms with E-state index in [2.05, 4.69) is 22.4 Å². The van der Waals surface area contributed by atoms with Crippen molar-refractivity contribution in [1.29, 1.82) is 0 Å². The van der Waals surface area contributed by atoms with E-state index < -0.39 is 0 Å². The molecule has 1 atom stereocenters. The minimum absolute atomic E-state index is 0.0404. The zero-order valence-electron chi connectivity index (χ0n) is 18.4. The molecule has 166 valence electrons. The molecule has 1 unspecified atom stereocenters. The smallest absolute Gasteiger partial charge is 0.229 e. The van der Waals surface area contributed by atoms with E-state index in [1.54, 1.807) is 4.90 Å². The van der Waals surface area contributed by atoms with Crippen molar-refractivity contribution in [2.24, 2.45) is 11.8 Å². The number of unbranched alkanes of at least 4 members (excludes halogenated alkanes) is 1. The number of rotatable bonds is 6. The summed E-state index contributed by atoms with van der Waals surface area (Å²) in [7, 11) is 0. The van der Waals surface area contributed by atoms with Gasteiger partial charge < -0.3 is 15.1 Å². The third kappa shape index (κ3) is 5.36. The first-order valence-corrected chi connectivity index (χ1v) is 11.7. The number of aromatic nitrogens is 2. The zero-order chi connectivity index (χ0) is 21.9. The van der Waals surface area contributed by atoms with Crippen molar-refractivity contribution in [3.8, 4) is 0 Å². The molecule has 2 aliphatic rings. The largest absolute Gasteiger partial charge is 0.342 e. The van der Waals surface area contributed by atoms with Gasteiger partial charge in [-0.25, -0.2) is 0 Å². The van der Waals surface area contributed by atoms with E-state index in [-0.39, 0.29) is 41.5 Å². The summed E-state index contributed by atoms with van der Waals surface area (Å²) in [6.45, 7) is 9.70. The fourth-order valence-corrected chi connectivity index (χ4v) is 4.87. The minimum atomic E-state index is -0.273. The van der Waals surface area contributed by atoms with E-state index in [0.29, 0.717) is 37.6 Å². The lowest BCUT2D eigenvalue weighted by molar-refractivity contribution is -0.138. The summed E-state index contributed by atoms with van der Waals surface area (Å²) < 4.78 is 0. The average molecular weight is 436 g/mol. The second-order valence-electron chi connectivity index (χ2n) is 9.27. The lowest BCUT2D eigenvalue weighted by Crippen LogP contribution is -2.46. The van der Waals surface area contributed by atoms with Gasteiger partial charge in [-0.1, -0.05) is 24.7 Å². The van der Waals surface area contributed by atoms with Crippen LogP contribution in [0.5, 0.6) is 0 Å². The highest BCUT2D eigenvalue weighted by Gasteiger charge is 2.41. The van der Waals surface area contributed by atoms with Crippen molar-refractivity contribution in [2.75, 3.05) is 25.0 Å². The van der Waals surface area contributed by atoms with Gasteiger partial charge in [-0.3, -0.25) is 14.4 Å². The van der Waals surface area contributed by atoms with Crippen LogP contribution in [0.3, 0.4) is 0 Å². The van der Waals surface area contributed by atoms with Gasteiger partial charge in [-0.15, -0.1) is 10.2 Å². The van der Waals surface area contributed by atoms with Gasteiger partial charge in [0.1, 0.15) is 5.01 Å². The van der Waals surface area contributed by atoms with E-state index in [9.17, 15) is 14.4 Å². The van der Waals surface area contributed by atoms with Crippen molar-refractivity contribution in [1.82, 2.24) is 20.0 Å². The highest BCUT2D eigenvalue weighted by molar-refractivity contribution is 7.15. The van der Waals surface area contributed by atoms with Gasteiger partial charge >= 0.3 is 0 Å². The van der Waals surface area contributed by atoms with E-state index in [1.165, 1.54) is 11.3 Å². The Bertz CT molecular complexity index is 780. The van der Waals surface area contributed by atoms with Gasteiger partial charge in [-0.2, -0.15) is 0 Å². The standard InChI is InChI=1S/C21H33N5O3S/c1-5-6-7-16-23-24-20(30-16)22-18(28)14-8-10-25(11-9-14)19(29)15-12-17(27)26(13-15)21(2,3)4/h14-15H,5-13H2,1-4H3,(H,22,24,28). The summed E-state index contributed by atoms with van der Waals surface area (Å²) in [4.78, 5) is 41.4. The van der Waals surface area contributed by atoms with Gasteiger partial charge in [0.25, 0.3) is 0 Å². The number of nitrogens with one attached hydrogen (secondary N) is 1. The Balaban J connectivity index is 1.47. The maximum atomic E-state index is 12.9. The fraction of sp³-hybridized carbons (Fsp3) is 0.762. The Morgan fingerprint density at radius 2 is 1.87 bits per heavy atom. The number of aryl methyl sites for hydroxylation is 1. The highest BCUT2D eigenvalue weighted by Crippen LogP contribution is 2.29. The van der Waals surface area contributed by atoms with E-state index in [0.717, 1.165) is 24.3 Å². The number of piperidine rings is 1. The van der Waals surface area contributed by atoms with Crippen LogP contribution < -0.4 is 5.32 Å². The molecule has 2 saturated heterocycles. The van der Waals surface area contributed by atoms with Gasteiger partial charge in [-0.05, 0) is 40.0 Å². The Labute approximate surface area is 182 Å². The Morgan fingerprint density at radius 3 is 2.47 bits per heavy atom. The lowest BCUT2D eigenvalue weighted by Gasteiger charge is -2.34. The predicted octanol–water partition coefficient (Wildman–Crippen LogP) is 2.70.